The minimum absolute atomic E-state index is 0.0472. The predicted molar refractivity (Wildman–Crippen MR) is 103 cm³/mol. The van der Waals surface area contributed by atoms with E-state index in [-0.39, 0.29) is 18.4 Å². The number of hydrogen-bond acceptors (Lipinski definition) is 8. The summed E-state index contributed by atoms with van der Waals surface area (Å²) in [5.41, 5.74) is 3.24. The number of fused-ring (bicyclic) bond motifs is 1. The topological polar surface area (TPSA) is 124 Å². The van der Waals surface area contributed by atoms with Gasteiger partial charge in [-0.05, 0) is 18.6 Å². The molecule has 10 heteroatoms. The van der Waals surface area contributed by atoms with Crippen LogP contribution in [-0.2, 0) is 6.54 Å². The van der Waals surface area contributed by atoms with Gasteiger partial charge in [0.1, 0.15) is 6.54 Å². The van der Waals surface area contributed by atoms with Gasteiger partial charge >= 0.3 is 6.01 Å². The highest BCUT2D eigenvalue weighted by Gasteiger charge is 2.18. The van der Waals surface area contributed by atoms with Crippen molar-refractivity contribution in [3.05, 3.63) is 36.4 Å². The zero-order valence-electron chi connectivity index (χ0n) is 16.0. The molecule has 146 valence electrons. The lowest BCUT2D eigenvalue weighted by Gasteiger charge is -2.09. The van der Waals surface area contributed by atoms with E-state index in [4.69, 9.17) is 14.7 Å². The summed E-state index contributed by atoms with van der Waals surface area (Å²) in [5, 5.41) is 24.3. The van der Waals surface area contributed by atoms with Gasteiger partial charge < -0.3 is 14.6 Å². The number of aromatic hydroxyl groups is 1. The highest BCUT2D eigenvalue weighted by molar-refractivity contribution is 5.91. The quantitative estimate of drug-likeness (QED) is 0.549. The minimum Gasteiger partial charge on any atom is -0.494 e. The fourth-order valence-corrected chi connectivity index (χ4v) is 3.14. The van der Waals surface area contributed by atoms with Gasteiger partial charge in [0.05, 0.1) is 60.5 Å². The van der Waals surface area contributed by atoms with Gasteiger partial charge in [-0.2, -0.15) is 15.3 Å². The molecular formula is C19H17N7O3. The van der Waals surface area contributed by atoms with Crippen molar-refractivity contribution in [1.29, 1.82) is 5.26 Å². The van der Waals surface area contributed by atoms with Crippen LogP contribution in [0, 0.1) is 18.3 Å². The lowest BCUT2D eigenvalue weighted by atomic mass is 10.1. The predicted octanol–water partition coefficient (Wildman–Crippen LogP) is 2.23. The van der Waals surface area contributed by atoms with Crippen LogP contribution in [0.15, 0.2) is 30.9 Å². The molecule has 4 heterocycles. The Bertz CT molecular complexity index is 1250. The molecule has 10 nitrogen and oxygen atoms in total. The van der Waals surface area contributed by atoms with Crippen LogP contribution in [0.4, 0.5) is 0 Å². The van der Waals surface area contributed by atoms with Crippen LogP contribution in [0.1, 0.15) is 5.56 Å². The van der Waals surface area contributed by atoms with Crippen LogP contribution < -0.4 is 9.47 Å². The van der Waals surface area contributed by atoms with Crippen molar-refractivity contribution in [3.63, 3.8) is 0 Å². The minimum atomic E-state index is 0.0472. The van der Waals surface area contributed by atoms with Gasteiger partial charge in [-0.25, -0.2) is 9.97 Å². The van der Waals surface area contributed by atoms with Gasteiger partial charge in [-0.3, -0.25) is 9.25 Å². The zero-order chi connectivity index (χ0) is 20.5. The standard InChI is InChI=1S/C19H17N7O3/c1-11-6-14(13-8-21-19(29-3)24-17(13)28-2)23-15-10-26(18(27)16(11)15)12-7-22-25(9-12)5-4-20/h6-10,27H,5H2,1-3H3. The van der Waals surface area contributed by atoms with Gasteiger partial charge in [0, 0.05) is 12.4 Å². The Hall–Kier alpha value is -4.13. The number of aryl methyl sites for hydroxylation is 1. The average Bonchev–Trinajstić information content (AvgIpc) is 3.32. The normalized spacial score (nSPS) is 10.8. The van der Waals surface area contributed by atoms with E-state index in [0.29, 0.717) is 33.7 Å². The van der Waals surface area contributed by atoms with Gasteiger partial charge in [0.15, 0.2) is 0 Å². The third-order valence-corrected chi connectivity index (χ3v) is 4.46. The van der Waals surface area contributed by atoms with E-state index in [1.54, 1.807) is 29.4 Å². The number of methoxy groups -OCH3 is 2. The van der Waals surface area contributed by atoms with Crippen LogP contribution >= 0.6 is 0 Å². The van der Waals surface area contributed by atoms with Gasteiger partial charge in [-0.1, -0.05) is 0 Å². The van der Waals surface area contributed by atoms with E-state index in [9.17, 15) is 5.11 Å². The van der Waals surface area contributed by atoms with E-state index in [1.807, 2.05) is 19.1 Å². The van der Waals surface area contributed by atoms with Crippen molar-refractivity contribution in [3.8, 4) is 40.8 Å². The summed E-state index contributed by atoms with van der Waals surface area (Å²) in [6.07, 6.45) is 6.55. The lowest BCUT2D eigenvalue weighted by Crippen LogP contribution is -1.98. The SMILES string of the molecule is COc1ncc(-c2cc(C)c3c(O)n(-c4cnn(CC#N)c4)cc3n2)c(OC)n1. The maximum absolute atomic E-state index is 10.7. The van der Waals surface area contributed by atoms with Crippen LogP contribution in [0.3, 0.4) is 0 Å². The van der Waals surface area contributed by atoms with Crippen LogP contribution in [0.25, 0.3) is 27.8 Å². The van der Waals surface area contributed by atoms with E-state index in [1.165, 1.54) is 18.9 Å². The molecule has 29 heavy (non-hydrogen) atoms. The molecule has 0 aliphatic carbocycles. The van der Waals surface area contributed by atoms with Crippen molar-refractivity contribution in [2.75, 3.05) is 14.2 Å². The Labute approximate surface area is 165 Å². The van der Waals surface area contributed by atoms with Crippen molar-refractivity contribution in [1.82, 2.24) is 29.3 Å². The monoisotopic (exact) mass is 391 g/mol. The highest BCUT2D eigenvalue weighted by Crippen LogP contribution is 2.35. The Morgan fingerprint density at radius 1 is 1.17 bits per heavy atom. The number of pyridine rings is 1. The smallest absolute Gasteiger partial charge is 0.319 e. The molecule has 0 saturated carbocycles. The summed E-state index contributed by atoms with van der Waals surface area (Å²) in [5.74, 6) is 0.385. The first kappa shape index (κ1) is 18.2. The van der Waals surface area contributed by atoms with E-state index in [2.05, 4.69) is 20.1 Å². The molecule has 0 aliphatic heterocycles. The highest BCUT2D eigenvalue weighted by atomic mass is 16.5. The van der Waals surface area contributed by atoms with Crippen LogP contribution in [0.5, 0.6) is 17.8 Å². The number of aromatic nitrogens is 6. The van der Waals surface area contributed by atoms with E-state index < -0.39 is 0 Å². The molecule has 4 rings (SSSR count). The number of rotatable bonds is 5. The molecule has 0 radical (unpaired) electrons. The zero-order valence-corrected chi connectivity index (χ0v) is 16.0. The van der Waals surface area contributed by atoms with Crippen molar-refractivity contribution >= 4 is 10.9 Å². The fourth-order valence-electron chi connectivity index (χ4n) is 3.14. The fraction of sp³-hybridized carbons (Fsp3) is 0.211. The van der Waals surface area contributed by atoms with Crippen LogP contribution in [0.2, 0.25) is 0 Å². The summed E-state index contributed by atoms with van der Waals surface area (Å²) < 4.78 is 13.5. The molecule has 1 N–H and O–H groups in total. The number of hydrogen-bond donors (Lipinski definition) is 1. The molecule has 4 aromatic heterocycles. The maximum atomic E-state index is 10.7. The van der Waals surface area contributed by atoms with Crippen molar-refractivity contribution in [2.45, 2.75) is 13.5 Å². The van der Waals surface area contributed by atoms with E-state index in [0.717, 1.165) is 5.56 Å². The molecule has 0 aromatic carbocycles. The summed E-state index contributed by atoms with van der Waals surface area (Å²) in [4.78, 5) is 13.0. The molecule has 0 atom stereocenters. The number of ether oxygens (including phenoxy) is 2. The maximum Gasteiger partial charge on any atom is 0.319 e. The lowest BCUT2D eigenvalue weighted by molar-refractivity contribution is 0.353. The van der Waals surface area contributed by atoms with Crippen molar-refractivity contribution in [2.24, 2.45) is 0 Å². The first-order valence-electron chi connectivity index (χ1n) is 8.62. The summed E-state index contributed by atoms with van der Waals surface area (Å²) in [6, 6.07) is 4.06. The molecule has 0 bridgehead atoms. The third-order valence-electron chi connectivity index (χ3n) is 4.46. The van der Waals surface area contributed by atoms with Gasteiger partial charge in [-0.15, -0.1) is 0 Å². The largest absolute Gasteiger partial charge is 0.494 e. The Kier molecular flexibility index (Phi) is 4.48. The van der Waals surface area contributed by atoms with Gasteiger partial charge in [0.2, 0.25) is 11.8 Å². The molecule has 0 amide bonds. The van der Waals surface area contributed by atoms with Gasteiger partial charge in [0.25, 0.3) is 0 Å². The Morgan fingerprint density at radius 2 is 2.00 bits per heavy atom. The summed E-state index contributed by atoms with van der Waals surface area (Å²) >= 11 is 0. The third kappa shape index (κ3) is 3.08. The van der Waals surface area contributed by atoms with Crippen LogP contribution in [-0.4, -0.2) is 48.6 Å². The molecule has 0 aliphatic rings. The average molecular weight is 391 g/mol. The Balaban J connectivity index is 1.85. The molecule has 0 unspecified atom stereocenters. The molecular weight excluding hydrogens is 374 g/mol. The first-order valence-corrected chi connectivity index (χ1v) is 8.62. The molecule has 0 saturated heterocycles. The summed E-state index contributed by atoms with van der Waals surface area (Å²) in [7, 11) is 2.99. The second-order valence-electron chi connectivity index (χ2n) is 6.24. The second-order valence-corrected chi connectivity index (χ2v) is 6.24. The first-order chi connectivity index (χ1) is 14.0. The van der Waals surface area contributed by atoms with Crippen molar-refractivity contribution < 1.29 is 14.6 Å². The Morgan fingerprint density at radius 3 is 2.72 bits per heavy atom. The number of nitrogens with zero attached hydrogens (tertiary/aromatic N) is 7. The molecule has 0 spiro atoms. The van der Waals surface area contributed by atoms with E-state index >= 15 is 0 Å². The molecule has 4 aromatic rings. The second kappa shape index (κ2) is 7.12. The summed E-state index contributed by atoms with van der Waals surface area (Å²) in [6.45, 7) is 2.01. The molecule has 0 fully saturated rings. The number of nitriles is 1.